The van der Waals surface area contributed by atoms with E-state index in [1.807, 2.05) is 18.2 Å². The van der Waals surface area contributed by atoms with Crippen LogP contribution in [0.1, 0.15) is 53.2 Å². The summed E-state index contributed by atoms with van der Waals surface area (Å²) in [6, 6.07) is 12.6. The van der Waals surface area contributed by atoms with Crippen molar-refractivity contribution in [2.24, 2.45) is 0 Å². The van der Waals surface area contributed by atoms with Crippen LogP contribution in [0.25, 0.3) is 0 Å². The topological polar surface area (TPSA) is 84.5 Å². The summed E-state index contributed by atoms with van der Waals surface area (Å²) in [5.41, 5.74) is 2.70. The Morgan fingerprint density at radius 1 is 1.11 bits per heavy atom. The summed E-state index contributed by atoms with van der Waals surface area (Å²) in [6.45, 7) is 0. The van der Waals surface area contributed by atoms with E-state index in [1.165, 1.54) is 24.8 Å². The molecule has 7 heteroatoms. The maximum atomic E-state index is 12.9. The van der Waals surface area contributed by atoms with Crippen molar-refractivity contribution >= 4 is 15.9 Å². The zero-order valence-corrected chi connectivity index (χ0v) is 16.6. The van der Waals surface area contributed by atoms with Gasteiger partial charge in [-0.25, -0.2) is 13.1 Å². The first-order valence-electron chi connectivity index (χ1n) is 9.57. The molecule has 4 rings (SSSR count). The van der Waals surface area contributed by atoms with E-state index in [0.717, 1.165) is 37.7 Å². The third-order valence-corrected chi connectivity index (χ3v) is 6.83. The second-order valence-electron chi connectivity index (χ2n) is 7.38. The van der Waals surface area contributed by atoms with Crippen LogP contribution in [0.2, 0.25) is 0 Å². The molecular formula is C21H24N2O4S. The largest absolute Gasteiger partial charge is 0.495 e. The monoisotopic (exact) mass is 400 g/mol. The van der Waals surface area contributed by atoms with Gasteiger partial charge in [-0.15, -0.1) is 0 Å². The summed E-state index contributed by atoms with van der Waals surface area (Å²) >= 11 is 0. The van der Waals surface area contributed by atoms with Crippen LogP contribution in [-0.4, -0.2) is 27.5 Å². The number of hydrogen-bond donors (Lipinski definition) is 2. The normalized spacial score (nSPS) is 19.0. The maximum Gasteiger partial charge on any atom is 0.251 e. The van der Waals surface area contributed by atoms with Gasteiger partial charge in [-0.1, -0.05) is 24.3 Å². The van der Waals surface area contributed by atoms with E-state index < -0.39 is 10.0 Å². The average molecular weight is 401 g/mol. The fourth-order valence-electron chi connectivity index (χ4n) is 3.66. The van der Waals surface area contributed by atoms with Gasteiger partial charge in [-0.2, -0.15) is 0 Å². The number of sulfonamides is 1. The maximum absolute atomic E-state index is 12.9. The molecule has 1 atom stereocenters. The van der Waals surface area contributed by atoms with Crippen LogP contribution in [0.15, 0.2) is 47.4 Å². The summed E-state index contributed by atoms with van der Waals surface area (Å²) in [5, 5.41) is 3.07. The molecule has 2 aromatic rings. The van der Waals surface area contributed by atoms with Crippen molar-refractivity contribution in [3.05, 3.63) is 59.2 Å². The van der Waals surface area contributed by atoms with Crippen LogP contribution in [0.3, 0.4) is 0 Å². The van der Waals surface area contributed by atoms with Crippen molar-refractivity contribution < 1.29 is 17.9 Å². The predicted octanol–water partition coefficient (Wildman–Crippen LogP) is 2.94. The average Bonchev–Trinajstić information content (AvgIpc) is 3.51. The first-order valence-corrected chi connectivity index (χ1v) is 11.1. The van der Waals surface area contributed by atoms with Crippen LogP contribution in [0.5, 0.6) is 5.75 Å². The van der Waals surface area contributed by atoms with Gasteiger partial charge in [0.1, 0.15) is 10.6 Å². The lowest BCUT2D eigenvalue weighted by Gasteiger charge is -2.26. The molecule has 6 nitrogen and oxygen atoms in total. The number of hydrogen-bond acceptors (Lipinski definition) is 4. The zero-order chi connectivity index (χ0) is 19.7. The van der Waals surface area contributed by atoms with E-state index >= 15 is 0 Å². The Morgan fingerprint density at radius 2 is 1.89 bits per heavy atom. The van der Waals surface area contributed by atoms with Crippen LogP contribution in [0.4, 0.5) is 0 Å². The summed E-state index contributed by atoms with van der Waals surface area (Å²) in [6.07, 6.45) is 4.56. The summed E-state index contributed by atoms with van der Waals surface area (Å²) < 4.78 is 33.2. The van der Waals surface area contributed by atoms with E-state index in [4.69, 9.17) is 4.74 Å². The Morgan fingerprint density at radius 3 is 2.64 bits per heavy atom. The second kappa shape index (κ2) is 7.56. The van der Waals surface area contributed by atoms with Gasteiger partial charge in [-0.3, -0.25) is 4.79 Å². The van der Waals surface area contributed by atoms with E-state index in [9.17, 15) is 13.2 Å². The molecule has 148 valence electrons. The zero-order valence-electron chi connectivity index (χ0n) is 15.8. The number of rotatable bonds is 6. The summed E-state index contributed by atoms with van der Waals surface area (Å²) in [7, 11) is -2.31. The number of carbonyl (C=O) groups is 1. The molecule has 1 saturated carbocycles. The van der Waals surface area contributed by atoms with E-state index in [0.29, 0.717) is 5.56 Å². The number of aryl methyl sites for hydroxylation is 1. The molecule has 0 heterocycles. The highest BCUT2D eigenvalue weighted by atomic mass is 32.2. The standard InChI is InChI=1S/C21H24N2O4S/c1-27-19-12-9-15(13-20(19)28(25,26)23-16-10-11-16)21(24)22-18-8-4-6-14-5-2-3-7-17(14)18/h2-3,5,7,9,12-13,16,18,23H,4,6,8,10-11H2,1H3,(H,22,24). The lowest BCUT2D eigenvalue weighted by atomic mass is 9.87. The Hall–Kier alpha value is -2.38. The third kappa shape index (κ3) is 3.91. The number of benzene rings is 2. The fourth-order valence-corrected chi connectivity index (χ4v) is 5.16. The highest BCUT2D eigenvalue weighted by Gasteiger charge is 2.30. The van der Waals surface area contributed by atoms with Crippen LogP contribution in [-0.2, 0) is 16.4 Å². The molecule has 0 aliphatic heterocycles. The number of carbonyl (C=O) groups excluding carboxylic acids is 1. The molecule has 2 aromatic carbocycles. The minimum atomic E-state index is -3.73. The second-order valence-corrected chi connectivity index (χ2v) is 9.06. The minimum Gasteiger partial charge on any atom is -0.495 e. The molecule has 0 spiro atoms. The van der Waals surface area contributed by atoms with Gasteiger partial charge < -0.3 is 10.1 Å². The smallest absolute Gasteiger partial charge is 0.251 e. The van der Waals surface area contributed by atoms with Crippen molar-refractivity contribution in [2.45, 2.75) is 49.1 Å². The van der Waals surface area contributed by atoms with Crippen molar-refractivity contribution in [2.75, 3.05) is 7.11 Å². The number of ether oxygens (including phenoxy) is 1. The van der Waals surface area contributed by atoms with Gasteiger partial charge in [0.25, 0.3) is 5.91 Å². The van der Waals surface area contributed by atoms with Gasteiger partial charge in [0.2, 0.25) is 10.0 Å². The van der Waals surface area contributed by atoms with Gasteiger partial charge >= 0.3 is 0 Å². The summed E-state index contributed by atoms with van der Waals surface area (Å²) in [4.78, 5) is 12.9. The lowest BCUT2D eigenvalue weighted by Crippen LogP contribution is -2.31. The van der Waals surface area contributed by atoms with Crippen LogP contribution in [0, 0.1) is 0 Å². The first kappa shape index (κ1) is 19.0. The molecule has 1 fully saturated rings. The van der Waals surface area contributed by atoms with Crippen molar-refractivity contribution in [3.63, 3.8) is 0 Å². The quantitative estimate of drug-likeness (QED) is 0.781. The molecule has 1 amide bonds. The van der Waals surface area contributed by atoms with Crippen molar-refractivity contribution in [3.8, 4) is 5.75 Å². The number of methoxy groups -OCH3 is 1. The molecule has 2 aliphatic rings. The van der Waals surface area contributed by atoms with Gasteiger partial charge in [-0.05, 0) is 61.4 Å². The number of fused-ring (bicyclic) bond motifs is 1. The fraction of sp³-hybridized carbons (Fsp3) is 0.381. The van der Waals surface area contributed by atoms with Crippen LogP contribution >= 0.6 is 0 Å². The SMILES string of the molecule is COc1ccc(C(=O)NC2CCCc3ccccc32)cc1S(=O)(=O)NC1CC1. The third-order valence-electron chi connectivity index (χ3n) is 5.29. The van der Waals surface area contributed by atoms with E-state index in [2.05, 4.69) is 16.1 Å². The van der Waals surface area contributed by atoms with Gasteiger partial charge in [0.15, 0.2) is 0 Å². The van der Waals surface area contributed by atoms with Gasteiger partial charge in [0, 0.05) is 11.6 Å². The van der Waals surface area contributed by atoms with Crippen molar-refractivity contribution in [1.29, 1.82) is 0 Å². The highest BCUT2D eigenvalue weighted by Crippen LogP contribution is 2.31. The summed E-state index contributed by atoms with van der Waals surface area (Å²) in [5.74, 6) is -0.0556. The molecule has 1 unspecified atom stereocenters. The molecule has 0 radical (unpaired) electrons. The minimum absolute atomic E-state index is 0.00130. The van der Waals surface area contributed by atoms with Crippen LogP contribution < -0.4 is 14.8 Å². The Labute approximate surface area is 165 Å². The molecule has 0 bridgehead atoms. The molecule has 2 N–H and O–H groups in total. The molecule has 2 aliphatic carbocycles. The number of nitrogens with one attached hydrogen (secondary N) is 2. The Bertz CT molecular complexity index is 999. The molecule has 28 heavy (non-hydrogen) atoms. The highest BCUT2D eigenvalue weighted by molar-refractivity contribution is 7.89. The van der Waals surface area contributed by atoms with E-state index in [-0.39, 0.29) is 28.6 Å². The number of amides is 1. The predicted molar refractivity (Wildman–Crippen MR) is 106 cm³/mol. The first-order chi connectivity index (χ1) is 13.5. The van der Waals surface area contributed by atoms with Gasteiger partial charge in [0.05, 0.1) is 13.2 Å². The molecular weight excluding hydrogens is 376 g/mol. The molecule has 0 saturated heterocycles. The van der Waals surface area contributed by atoms with Crippen molar-refractivity contribution in [1.82, 2.24) is 10.0 Å². The van der Waals surface area contributed by atoms with E-state index in [1.54, 1.807) is 6.07 Å². The Balaban J connectivity index is 1.59. The molecule has 0 aromatic heterocycles. The Kier molecular flexibility index (Phi) is 5.12. The lowest BCUT2D eigenvalue weighted by molar-refractivity contribution is 0.0932.